The predicted octanol–water partition coefficient (Wildman–Crippen LogP) is 3.13. The van der Waals surface area contributed by atoms with E-state index in [2.05, 4.69) is 35.4 Å². The lowest BCUT2D eigenvalue weighted by Crippen LogP contribution is -2.36. The number of nitrogens with one attached hydrogen (secondary N) is 1. The molecule has 0 saturated heterocycles. The van der Waals surface area contributed by atoms with Crippen molar-refractivity contribution in [1.82, 2.24) is 15.5 Å². The minimum Gasteiger partial charge on any atom is -0.490 e. The highest BCUT2D eigenvalue weighted by Crippen LogP contribution is 2.33. The molecule has 1 aromatic carbocycles. The molecule has 172 valence electrons. The fourth-order valence-electron chi connectivity index (χ4n) is 3.27. The summed E-state index contributed by atoms with van der Waals surface area (Å²) in [5.74, 6) is 1.63. The van der Waals surface area contributed by atoms with E-state index >= 15 is 0 Å². The summed E-state index contributed by atoms with van der Waals surface area (Å²) >= 11 is 1.67. The number of nitrogens with zero attached hydrogens (tertiary/aromatic N) is 2. The zero-order chi connectivity index (χ0) is 23.3. The van der Waals surface area contributed by atoms with E-state index in [-0.39, 0.29) is 13.2 Å². The monoisotopic (exact) mass is 459 g/mol. The van der Waals surface area contributed by atoms with Gasteiger partial charge in [0.05, 0.1) is 4.88 Å². The summed E-state index contributed by atoms with van der Waals surface area (Å²) in [7, 11) is 0. The molecular formula is C23H29N3O5S. The summed E-state index contributed by atoms with van der Waals surface area (Å²) in [6.45, 7) is 7.59. The van der Waals surface area contributed by atoms with E-state index in [1.165, 1.54) is 4.88 Å². The van der Waals surface area contributed by atoms with Gasteiger partial charge in [0.2, 0.25) is 11.8 Å². The molecule has 0 aliphatic carbocycles. The Balaban J connectivity index is 1.68. The van der Waals surface area contributed by atoms with E-state index in [1.54, 1.807) is 11.3 Å². The number of aliphatic hydroxyl groups is 2. The first-order valence-corrected chi connectivity index (χ1v) is 11.3. The molecule has 0 aliphatic heterocycles. The normalized spacial score (nSPS) is 12.2. The molecular weight excluding hydrogens is 430 g/mol. The average Bonchev–Trinajstić information content (AvgIpc) is 3.40. The maximum absolute atomic E-state index is 11.1. The molecule has 0 radical (unpaired) electrons. The van der Waals surface area contributed by atoms with Crippen molar-refractivity contribution in [1.29, 1.82) is 0 Å². The number of hydrogen-bond acceptors (Lipinski definition) is 8. The summed E-state index contributed by atoms with van der Waals surface area (Å²) in [6, 6.07) is 7.92. The van der Waals surface area contributed by atoms with Gasteiger partial charge in [-0.15, -0.1) is 21.5 Å². The number of benzene rings is 1. The van der Waals surface area contributed by atoms with E-state index in [9.17, 15) is 9.90 Å². The SMILES string of the molecule is Cc1cc(-c2nnc(-c3ccc(CC(C)C)s3)o2)cc(C)c1OCC(O)CNC(=O)CO. The van der Waals surface area contributed by atoms with Crippen LogP contribution < -0.4 is 10.1 Å². The lowest BCUT2D eigenvalue weighted by atomic mass is 10.1. The molecule has 3 N–H and O–H groups in total. The summed E-state index contributed by atoms with van der Waals surface area (Å²) in [5.41, 5.74) is 2.52. The van der Waals surface area contributed by atoms with Gasteiger partial charge in [0, 0.05) is 17.0 Å². The fraction of sp³-hybridized carbons (Fsp3) is 0.435. The van der Waals surface area contributed by atoms with Crippen LogP contribution in [-0.2, 0) is 11.2 Å². The average molecular weight is 460 g/mol. The zero-order valence-corrected chi connectivity index (χ0v) is 19.5. The zero-order valence-electron chi connectivity index (χ0n) is 18.7. The Bertz CT molecular complexity index is 1040. The first-order chi connectivity index (χ1) is 15.3. The molecule has 9 heteroatoms. The van der Waals surface area contributed by atoms with Crippen molar-refractivity contribution in [3.63, 3.8) is 0 Å². The van der Waals surface area contributed by atoms with Gasteiger partial charge in [0.1, 0.15) is 25.1 Å². The van der Waals surface area contributed by atoms with Gasteiger partial charge in [-0.1, -0.05) is 13.8 Å². The van der Waals surface area contributed by atoms with Gasteiger partial charge in [-0.3, -0.25) is 4.79 Å². The smallest absolute Gasteiger partial charge is 0.258 e. The number of carbonyl (C=O) groups excluding carboxylic acids is 1. The van der Waals surface area contributed by atoms with Crippen LogP contribution >= 0.6 is 11.3 Å². The van der Waals surface area contributed by atoms with Crippen LogP contribution in [0.25, 0.3) is 22.2 Å². The van der Waals surface area contributed by atoms with E-state index in [4.69, 9.17) is 14.3 Å². The number of aromatic nitrogens is 2. The van der Waals surface area contributed by atoms with Crippen LogP contribution in [0.5, 0.6) is 5.75 Å². The largest absolute Gasteiger partial charge is 0.490 e. The third kappa shape index (κ3) is 6.15. The van der Waals surface area contributed by atoms with Crippen LogP contribution in [0.2, 0.25) is 0 Å². The number of thiophene rings is 1. The Labute approximate surface area is 191 Å². The third-order valence-corrected chi connectivity index (χ3v) is 5.81. The van der Waals surface area contributed by atoms with Crippen LogP contribution in [0.15, 0.2) is 28.7 Å². The first-order valence-electron chi connectivity index (χ1n) is 10.5. The van der Waals surface area contributed by atoms with Gasteiger partial charge in [0.25, 0.3) is 5.89 Å². The highest BCUT2D eigenvalue weighted by atomic mass is 32.1. The van der Waals surface area contributed by atoms with Crippen LogP contribution in [0.4, 0.5) is 0 Å². The van der Waals surface area contributed by atoms with E-state index in [1.807, 2.05) is 32.0 Å². The molecule has 1 atom stereocenters. The molecule has 8 nitrogen and oxygen atoms in total. The van der Waals surface area contributed by atoms with Gasteiger partial charge >= 0.3 is 0 Å². The van der Waals surface area contributed by atoms with E-state index in [0.717, 1.165) is 28.0 Å². The Morgan fingerprint density at radius 2 is 1.88 bits per heavy atom. The van der Waals surface area contributed by atoms with Crippen molar-refractivity contribution in [2.75, 3.05) is 19.8 Å². The Morgan fingerprint density at radius 3 is 2.53 bits per heavy atom. The second-order valence-corrected chi connectivity index (χ2v) is 9.31. The third-order valence-electron chi connectivity index (χ3n) is 4.71. The summed E-state index contributed by atoms with van der Waals surface area (Å²) < 4.78 is 11.7. The number of ether oxygens (including phenoxy) is 1. The van der Waals surface area contributed by atoms with Gasteiger partial charge in [-0.25, -0.2) is 0 Å². The molecule has 0 aliphatic rings. The second-order valence-electron chi connectivity index (χ2n) is 8.14. The van der Waals surface area contributed by atoms with Crippen LogP contribution in [-0.4, -0.2) is 52.2 Å². The molecule has 2 aromatic heterocycles. The van der Waals surface area contributed by atoms with Crippen molar-refractivity contribution in [3.8, 4) is 28.0 Å². The fourth-order valence-corrected chi connectivity index (χ4v) is 4.41. The molecule has 1 unspecified atom stereocenters. The van der Waals surface area contributed by atoms with Gasteiger partial charge in [-0.05, 0) is 61.6 Å². The maximum atomic E-state index is 11.1. The second kappa shape index (κ2) is 10.7. The van der Waals surface area contributed by atoms with Crippen molar-refractivity contribution in [3.05, 3.63) is 40.3 Å². The van der Waals surface area contributed by atoms with Gasteiger partial charge in [-0.2, -0.15) is 0 Å². The number of carbonyl (C=O) groups is 1. The molecule has 0 bridgehead atoms. The molecule has 1 amide bonds. The molecule has 2 heterocycles. The van der Waals surface area contributed by atoms with Crippen molar-refractivity contribution >= 4 is 17.2 Å². The van der Waals surface area contributed by atoms with Crippen molar-refractivity contribution in [2.45, 2.75) is 40.2 Å². The summed E-state index contributed by atoms with van der Waals surface area (Å²) in [6.07, 6.45) is 0.127. The van der Waals surface area contributed by atoms with Crippen molar-refractivity contribution in [2.24, 2.45) is 5.92 Å². The van der Waals surface area contributed by atoms with Crippen LogP contribution in [0.1, 0.15) is 29.9 Å². The van der Waals surface area contributed by atoms with Gasteiger partial charge in [0.15, 0.2) is 0 Å². The van der Waals surface area contributed by atoms with E-state index < -0.39 is 18.6 Å². The number of aryl methyl sites for hydroxylation is 2. The summed E-state index contributed by atoms with van der Waals surface area (Å²) in [4.78, 5) is 13.3. The number of aliphatic hydroxyl groups excluding tert-OH is 2. The minimum absolute atomic E-state index is 0.00192. The Kier molecular flexibility index (Phi) is 8.00. The first kappa shape index (κ1) is 23.9. The van der Waals surface area contributed by atoms with E-state index in [0.29, 0.717) is 23.4 Å². The number of rotatable bonds is 10. The summed E-state index contributed by atoms with van der Waals surface area (Å²) in [5, 5.41) is 29.5. The Hall–Kier alpha value is -2.75. The topological polar surface area (TPSA) is 118 Å². The molecule has 32 heavy (non-hydrogen) atoms. The lowest BCUT2D eigenvalue weighted by molar-refractivity contribution is -0.124. The Morgan fingerprint density at radius 1 is 1.19 bits per heavy atom. The standard InChI is InChI=1S/C23H29N3O5S/c1-13(2)7-18-5-6-19(32-18)23-26-25-22(31-23)16-8-14(3)21(15(4)9-16)30-12-17(28)10-24-20(29)11-27/h5-6,8-9,13,17,27-28H,7,10-12H2,1-4H3,(H,24,29). The van der Waals surface area contributed by atoms with Crippen LogP contribution in [0.3, 0.4) is 0 Å². The number of amides is 1. The lowest BCUT2D eigenvalue weighted by Gasteiger charge is -2.16. The molecule has 3 rings (SSSR count). The van der Waals surface area contributed by atoms with Gasteiger partial charge < -0.3 is 24.7 Å². The highest BCUT2D eigenvalue weighted by Gasteiger charge is 2.16. The number of hydrogen-bond donors (Lipinski definition) is 3. The molecule has 0 spiro atoms. The van der Waals surface area contributed by atoms with Crippen LogP contribution in [0, 0.1) is 19.8 Å². The quantitative estimate of drug-likeness (QED) is 0.426. The highest BCUT2D eigenvalue weighted by molar-refractivity contribution is 7.15. The molecule has 0 fully saturated rings. The maximum Gasteiger partial charge on any atom is 0.258 e. The van der Waals surface area contributed by atoms with Crippen molar-refractivity contribution < 1.29 is 24.2 Å². The minimum atomic E-state index is -0.895. The molecule has 0 saturated carbocycles. The molecule has 3 aromatic rings. The predicted molar refractivity (Wildman–Crippen MR) is 123 cm³/mol.